The first kappa shape index (κ1) is 17.2. The van der Waals surface area contributed by atoms with Gasteiger partial charge in [0.25, 0.3) is 0 Å². The lowest BCUT2D eigenvalue weighted by molar-refractivity contribution is -0.0498. The van der Waals surface area contributed by atoms with Crippen molar-refractivity contribution in [3.05, 3.63) is 41.3 Å². The smallest absolute Gasteiger partial charge is 0.387 e. The lowest BCUT2D eigenvalue weighted by Gasteiger charge is -2.15. The van der Waals surface area contributed by atoms with Crippen LogP contribution in [0.25, 0.3) is 0 Å². The van der Waals surface area contributed by atoms with E-state index in [2.05, 4.69) is 25.3 Å². The zero-order chi connectivity index (χ0) is 16.8. The number of nitrogens with one attached hydrogen (secondary N) is 2. The van der Waals surface area contributed by atoms with Gasteiger partial charge in [-0.3, -0.25) is 0 Å². The molecule has 124 valence electrons. The second-order valence-corrected chi connectivity index (χ2v) is 4.84. The molecule has 1 atom stereocenters. The minimum atomic E-state index is -2.88. The molecule has 0 aliphatic heterocycles. The average Bonchev–Trinajstić information content (AvgIpc) is 2.52. The largest absolute Gasteiger partial charge is 0.435 e. The van der Waals surface area contributed by atoms with E-state index >= 15 is 0 Å². The minimum Gasteiger partial charge on any atom is -0.435 e. The van der Waals surface area contributed by atoms with E-state index in [4.69, 9.17) is 11.6 Å². The van der Waals surface area contributed by atoms with E-state index in [0.717, 1.165) is 0 Å². The topological polar surface area (TPSA) is 79.3 Å². The van der Waals surface area contributed by atoms with Crippen molar-refractivity contribution in [3.8, 4) is 5.75 Å². The lowest BCUT2D eigenvalue weighted by atomic mass is 10.1. The van der Waals surface area contributed by atoms with Crippen LogP contribution in [0.1, 0.15) is 11.7 Å². The molecule has 9 heteroatoms. The number of benzene rings is 1. The normalized spacial score (nSPS) is 12.1. The summed E-state index contributed by atoms with van der Waals surface area (Å²) in [5.74, 6) is 0.480. The van der Waals surface area contributed by atoms with Gasteiger partial charge >= 0.3 is 6.61 Å². The number of nitrogens with zero attached hydrogens (tertiary/aromatic N) is 2. The zero-order valence-electron chi connectivity index (χ0n) is 12.1. The number of aliphatic hydroxyl groups excluding tert-OH is 1. The van der Waals surface area contributed by atoms with Crippen molar-refractivity contribution in [1.29, 1.82) is 0 Å². The first-order chi connectivity index (χ1) is 11.0. The van der Waals surface area contributed by atoms with Gasteiger partial charge in [0.15, 0.2) is 11.0 Å². The summed E-state index contributed by atoms with van der Waals surface area (Å²) in [4.78, 5) is 7.88. The summed E-state index contributed by atoms with van der Waals surface area (Å²) in [6.45, 7) is -2.73. The number of hydrogen-bond acceptors (Lipinski definition) is 6. The highest BCUT2D eigenvalue weighted by atomic mass is 35.5. The maximum absolute atomic E-state index is 12.1. The van der Waals surface area contributed by atoms with Gasteiger partial charge in [-0.05, 0) is 17.7 Å². The van der Waals surface area contributed by atoms with Crippen molar-refractivity contribution in [1.82, 2.24) is 9.97 Å². The molecular weight excluding hydrogens is 330 g/mol. The van der Waals surface area contributed by atoms with Crippen LogP contribution in [0.5, 0.6) is 5.75 Å². The summed E-state index contributed by atoms with van der Waals surface area (Å²) >= 11 is 5.93. The highest BCUT2D eigenvalue weighted by Gasteiger charge is 2.12. The fraction of sp³-hybridized carbons (Fsp3) is 0.286. The molecular formula is C14H15ClF2N4O2. The molecule has 0 bridgehead atoms. The monoisotopic (exact) mass is 344 g/mol. The third-order valence-electron chi connectivity index (χ3n) is 3.00. The number of anilines is 2. The molecule has 1 aromatic heterocycles. The van der Waals surface area contributed by atoms with E-state index in [1.54, 1.807) is 7.05 Å². The van der Waals surface area contributed by atoms with Crippen molar-refractivity contribution in [3.63, 3.8) is 0 Å². The molecule has 1 unspecified atom stereocenters. The van der Waals surface area contributed by atoms with Crippen LogP contribution in [0, 0.1) is 0 Å². The molecule has 0 spiro atoms. The predicted molar refractivity (Wildman–Crippen MR) is 83.1 cm³/mol. The number of rotatable bonds is 7. The zero-order valence-corrected chi connectivity index (χ0v) is 12.9. The van der Waals surface area contributed by atoms with Gasteiger partial charge in [-0.25, -0.2) is 9.97 Å². The molecule has 23 heavy (non-hydrogen) atoms. The Labute approximate surface area is 136 Å². The van der Waals surface area contributed by atoms with Crippen molar-refractivity contribution in [2.45, 2.75) is 12.7 Å². The summed E-state index contributed by atoms with van der Waals surface area (Å²) < 4.78 is 28.4. The third kappa shape index (κ3) is 4.64. The first-order valence-electron chi connectivity index (χ1n) is 6.66. The van der Waals surface area contributed by atoms with Gasteiger partial charge < -0.3 is 20.5 Å². The number of alkyl halides is 2. The number of hydrogen-bond donors (Lipinski definition) is 3. The highest BCUT2D eigenvalue weighted by molar-refractivity contribution is 6.32. The van der Waals surface area contributed by atoms with E-state index in [9.17, 15) is 13.9 Å². The summed E-state index contributed by atoms with van der Waals surface area (Å²) in [6, 6.07) is 5.75. The van der Waals surface area contributed by atoms with E-state index in [0.29, 0.717) is 17.1 Å². The maximum atomic E-state index is 12.1. The Balaban J connectivity index is 1.99. The highest BCUT2D eigenvalue weighted by Crippen LogP contribution is 2.26. The maximum Gasteiger partial charge on any atom is 0.387 e. The van der Waals surface area contributed by atoms with Crippen LogP contribution in [-0.4, -0.2) is 35.3 Å². The summed E-state index contributed by atoms with van der Waals surface area (Å²) in [7, 11) is 1.67. The van der Waals surface area contributed by atoms with Gasteiger partial charge in [0.2, 0.25) is 0 Å². The van der Waals surface area contributed by atoms with Crippen LogP contribution in [0.2, 0.25) is 5.15 Å². The Hall–Kier alpha value is -2.19. The van der Waals surface area contributed by atoms with Crippen molar-refractivity contribution in [2.24, 2.45) is 0 Å². The minimum absolute atomic E-state index is 0.0314. The molecule has 0 radical (unpaired) electrons. The second-order valence-electron chi connectivity index (χ2n) is 4.48. The molecule has 0 saturated carbocycles. The summed E-state index contributed by atoms with van der Waals surface area (Å²) in [6.07, 6.45) is 0.433. The van der Waals surface area contributed by atoms with Crippen LogP contribution in [0.3, 0.4) is 0 Å². The number of aliphatic hydroxyl groups is 1. The fourth-order valence-corrected chi connectivity index (χ4v) is 2.13. The molecule has 2 aromatic rings. The molecule has 2 rings (SSSR count). The number of ether oxygens (including phenoxy) is 1. The van der Waals surface area contributed by atoms with Gasteiger partial charge in [-0.1, -0.05) is 23.7 Å². The molecule has 0 aliphatic rings. The van der Waals surface area contributed by atoms with Crippen LogP contribution < -0.4 is 15.4 Å². The standard InChI is InChI=1S/C14H15ClF2N4O2/c1-18-11-12(15)20-7-21-13(11)19-6-10(22)8-2-4-9(5-3-8)23-14(16)17/h2-5,7,10,14,18,22H,6H2,1H3,(H,19,20,21). The van der Waals surface area contributed by atoms with Crippen LogP contribution in [0.4, 0.5) is 20.3 Å². The fourth-order valence-electron chi connectivity index (χ4n) is 1.90. The Morgan fingerprint density at radius 1 is 1.26 bits per heavy atom. The SMILES string of the molecule is CNc1c(Cl)ncnc1NCC(O)c1ccc(OC(F)F)cc1. The van der Waals surface area contributed by atoms with Gasteiger partial charge in [-0.15, -0.1) is 0 Å². The van der Waals surface area contributed by atoms with E-state index in [1.807, 2.05) is 0 Å². The van der Waals surface area contributed by atoms with Crippen LogP contribution in [-0.2, 0) is 0 Å². The van der Waals surface area contributed by atoms with Gasteiger partial charge in [0, 0.05) is 13.6 Å². The van der Waals surface area contributed by atoms with E-state index < -0.39 is 12.7 Å². The molecule has 1 heterocycles. The second kappa shape index (κ2) is 7.89. The Bertz CT molecular complexity index is 643. The Kier molecular flexibility index (Phi) is 5.89. The van der Waals surface area contributed by atoms with E-state index in [-0.39, 0.29) is 17.4 Å². The first-order valence-corrected chi connectivity index (χ1v) is 7.04. The Morgan fingerprint density at radius 3 is 2.57 bits per heavy atom. The summed E-state index contributed by atoms with van der Waals surface area (Å²) in [5, 5.41) is 16.2. The van der Waals surface area contributed by atoms with Gasteiger partial charge in [0.1, 0.15) is 17.8 Å². The molecule has 0 fully saturated rings. The van der Waals surface area contributed by atoms with Crippen molar-refractivity contribution >= 4 is 23.1 Å². The van der Waals surface area contributed by atoms with Crippen molar-refractivity contribution < 1.29 is 18.6 Å². The van der Waals surface area contributed by atoms with Crippen LogP contribution in [0.15, 0.2) is 30.6 Å². The molecule has 1 aromatic carbocycles. The molecule has 0 aliphatic carbocycles. The lowest BCUT2D eigenvalue weighted by Crippen LogP contribution is -2.14. The van der Waals surface area contributed by atoms with Crippen molar-refractivity contribution in [2.75, 3.05) is 24.2 Å². The molecule has 0 amide bonds. The predicted octanol–water partition coefficient (Wildman–Crippen LogP) is 2.92. The van der Waals surface area contributed by atoms with Gasteiger partial charge in [0.05, 0.1) is 6.10 Å². The number of halogens is 3. The average molecular weight is 345 g/mol. The van der Waals surface area contributed by atoms with Crippen LogP contribution >= 0.6 is 11.6 Å². The van der Waals surface area contributed by atoms with E-state index in [1.165, 1.54) is 30.6 Å². The molecule has 3 N–H and O–H groups in total. The number of aromatic nitrogens is 2. The molecule has 6 nitrogen and oxygen atoms in total. The third-order valence-corrected chi connectivity index (χ3v) is 3.29. The summed E-state index contributed by atoms with van der Waals surface area (Å²) in [5.41, 5.74) is 1.06. The quantitative estimate of drug-likeness (QED) is 0.670. The Morgan fingerprint density at radius 2 is 1.96 bits per heavy atom. The van der Waals surface area contributed by atoms with Gasteiger partial charge in [-0.2, -0.15) is 8.78 Å². The molecule has 0 saturated heterocycles.